The molecule has 11 nitrogen and oxygen atoms in total. The lowest BCUT2D eigenvalue weighted by molar-refractivity contribution is -0.192. The highest BCUT2D eigenvalue weighted by molar-refractivity contribution is 7.94. The van der Waals surface area contributed by atoms with Gasteiger partial charge in [0.25, 0.3) is 10.0 Å². The fourth-order valence-corrected chi connectivity index (χ4v) is 6.30. The number of rotatable bonds is 10. The largest absolute Gasteiger partial charge is 0.496 e. The Balaban J connectivity index is 0.000000616. The molecule has 17 heteroatoms. The number of alkyl halides is 3. The molecule has 4 rings (SSSR count). The van der Waals surface area contributed by atoms with E-state index >= 15 is 0 Å². The second-order valence-corrected chi connectivity index (χ2v) is 12.4. The highest BCUT2D eigenvalue weighted by atomic mass is 35.5. The Kier molecular flexibility index (Phi) is 10.4. The molecule has 1 amide bonds. The standard InChI is InChI=1S/C23H24ClN5O4S2.C2HF3O2/c1-28(14-20(25)30)12-15-5-3-6-16(11-15)13-29-17-7-4-8-18(33-2)22(17)23(26-29)27-35(31,32)21-10-9-19(24)34-21;3-2(4,5)1(6)7/h3-11H,12-14H2,1-2H3,(H2,25,30)(H,26,27);(H,6,7). The van der Waals surface area contributed by atoms with Gasteiger partial charge in [-0.25, -0.2) is 13.2 Å². The van der Waals surface area contributed by atoms with Crippen molar-refractivity contribution in [1.29, 1.82) is 0 Å². The molecule has 2 aromatic heterocycles. The molecule has 4 aromatic rings. The highest BCUT2D eigenvalue weighted by Gasteiger charge is 2.38. The topological polar surface area (TPSA) is 157 Å². The number of likely N-dealkylation sites (N-methyl/N-ethyl adjacent to an activating group) is 1. The van der Waals surface area contributed by atoms with Gasteiger partial charge in [0.15, 0.2) is 5.82 Å². The Labute approximate surface area is 247 Å². The SMILES string of the molecule is COc1cccc2c1c(NS(=O)(=O)c1ccc(Cl)s1)nn2Cc1cccc(CN(C)CC(N)=O)c1.O=C(O)C(F)(F)F. The third-order valence-electron chi connectivity index (χ3n) is 5.45. The third-order valence-corrected chi connectivity index (χ3v) is 8.51. The van der Waals surface area contributed by atoms with Crippen LogP contribution in [0.25, 0.3) is 10.9 Å². The summed E-state index contributed by atoms with van der Waals surface area (Å²) in [6, 6.07) is 16.3. The maximum absolute atomic E-state index is 13.0. The first kappa shape index (κ1) is 32.7. The molecule has 0 aliphatic rings. The molecule has 0 fully saturated rings. The number of carbonyl (C=O) groups is 2. The Hall–Kier alpha value is -3.86. The molecule has 0 saturated heterocycles. The van der Waals surface area contributed by atoms with E-state index in [1.165, 1.54) is 19.2 Å². The molecule has 2 aromatic carbocycles. The van der Waals surface area contributed by atoms with Crippen molar-refractivity contribution < 1.29 is 41.0 Å². The summed E-state index contributed by atoms with van der Waals surface area (Å²) in [7, 11) is -0.543. The summed E-state index contributed by atoms with van der Waals surface area (Å²) >= 11 is 6.90. The summed E-state index contributed by atoms with van der Waals surface area (Å²) in [4.78, 5) is 21.9. The number of sulfonamides is 1. The van der Waals surface area contributed by atoms with Crippen LogP contribution in [0.2, 0.25) is 4.34 Å². The van der Waals surface area contributed by atoms with E-state index in [2.05, 4.69) is 9.82 Å². The number of halogens is 4. The second-order valence-electron chi connectivity index (χ2n) is 8.79. The molecule has 4 N–H and O–H groups in total. The van der Waals surface area contributed by atoms with Crippen LogP contribution < -0.4 is 15.2 Å². The van der Waals surface area contributed by atoms with E-state index in [4.69, 9.17) is 32.0 Å². The smallest absolute Gasteiger partial charge is 0.490 e. The van der Waals surface area contributed by atoms with Crippen molar-refractivity contribution in [2.75, 3.05) is 25.4 Å². The molecule has 0 spiro atoms. The first-order chi connectivity index (χ1) is 19.6. The maximum Gasteiger partial charge on any atom is 0.490 e. The fourth-order valence-electron chi connectivity index (χ4n) is 3.81. The molecule has 0 bridgehead atoms. The number of nitrogens with two attached hydrogens (primary N) is 1. The number of hydrogen-bond acceptors (Lipinski definition) is 8. The summed E-state index contributed by atoms with van der Waals surface area (Å²) in [5.41, 5.74) is 7.96. The lowest BCUT2D eigenvalue weighted by Gasteiger charge is -2.15. The number of carboxylic acids is 1. The van der Waals surface area contributed by atoms with Gasteiger partial charge in [-0.3, -0.25) is 19.1 Å². The van der Waals surface area contributed by atoms with Gasteiger partial charge in [0.2, 0.25) is 5.91 Å². The van der Waals surface area contributed by atoms with E-state index in [0.29, 0.717) is 34.1 Å². The van der Waals surface area contributed by atoms with Crippen LogP contribution in [0.15, 0.2) is 58.8 Å². The average molecular weight is 648 g/mol. The van der Waals surface area contributed by atoms with Crippen LogP contribution in [-0.2, 0) is 32.7 Å². The summed E-state index contributed by atoms with van der Waals surface area (Å²) in [5.74, 6) is -2.48. The van der Waals surface area contributed by atoms with Gasteiger partial charge >= 0.3 is 12.1 Å². The van der Waals surface area contributed by atoms with Crippen molar-refractivity contribution in [3.63, 3.8) is 0 Å². The number of nitrogens with one attached hydrogen (secondary N) is 1. The van der Waals surface area contributed by atoms with Crippen molar-refractivity contribution in [1.82, 2.24) is 14.7 Å². The van der Waals surface area contributed by atoms with Crippen LogP contribution in [0.3, 0.4) is 0 Å². The molecule has 0 atom stereocenters. The van der Waals surface area contributed by atoms with Crippen molar-refractivity contribution in [3.05, 3.63) is 70.1 Å². The van der Waals surface area contributed by atoms with Crippen LogP contribution in [0.4, 0.5) is 19.0 Å². The summed E-state index contributed by atoms with van der Waals surface area (Å²) in [6.45, 7) is 1.11. The molecule has 42 heavy (non-hydrogen) atoms. The number of hydrogen-bond donors (Lipinski definition) is 3. The van der Waals surface area contributed by atoms with E-state index in [9.17, 15) is 26.4 Å². The van der Waals surface area contributed by atoms with Gasteiger partial charge in [0, 0.05) is 6.54 Å². The number of thiophene rings is 1. The van der Waals surface area contributed by atoms with Gasteiger partial charge in [0.05, 0.1) is 35.4 Å². The van der Waals surface area contributed by atoms with Crippen molar-refractivity contribution in [2.45, 2.75) is 23.5 Å². The molecule has 2 heterocycles. The van der Waals surface area contributed by atoms with Gasteiger partial charge < -0.3 is 15.6 Å². The van der Waals surface area contributed by atoms with Crippen LogP contribution in [0.1, 0.15) is 11.1 Å². The number of ether oxygens (including phenoxy) is 1. The summed E-state index contributed by atoms with van der Waals surface area (Å²) in [6.07, 6.45) is -5.08. The molecular weight excluding hydrogens is 623 g/mol. The fraction of sp³-hybridized carbons (Fsp3) is 0.240. The zero-order valence-electron chi connectivity index (χ0n) is 22.1. The van der Waals surface area contributed by atoms with E-state index in [1.54, 1.807) is 10.7 Å². The zero-order valence-corrected chi connectivity index (χ0v) is 24.4. The van der Waals surface area contributed by atoms with E-state index in [1.807, 2.05) is 48.3 Å². The summed E-state index contributed by atoms with van der Waals surface area (Å²) in [5, 5.41) is 12.3. The average Bonchev–Trinajstić information content (AvgIpc) is 3.47. The molecule has 0 aliphatic carbocycles. The number of methoxy groups -OCH3 is 1. The Morgan fingerprint density at radius 3 is 2.38 bits per heavy atom. The number of carboxylic acid groups (broad SMARTS) is 1. The number of nitrogens with zero attached hydrogens (tertiary/aromatic N) is 3. The molecule has 0 radical (unpaired) electrons. The van der Waals surface area contributed by atoms with Crippen LogP contribution in [0.5, 0.6) is 5.75 Å². The molecule has 0 unspecified atom stereocenters. The molecule has 226 valence electrons. The van der Waals surface area contributed by atoms with Crippen molar-refractivity contribution in [2.24, 2.45) is 5.73 Å². The van der Waals surface area contributed by atoms with Gasteiger partial charge in [-0.1, -0.05) is 41.9 Å². The first-order valence-corrected chi connectivity index (χ1v) is 14.4. The van der Waals surface area contributed by atoms with E-state index in [0.717, 1.165) is 22.5 Å². The van der Waals surface area contributed by atoms with Crippen molar-refractivity contribution in [3.8, 4) is 5.75 Å². The van der Waals surface area contributed by atoms with E-state index in [-0.39, 0.29) is 22.5 Å². The lowest BCUT2D eigenvalue weighted by Crippen LogP contribution is -2.30. The first-order valence-electron chi connectivity index (χ1n) is 11.8. The summed E-state index contributed by atoms with van der Waals surface area (Å²) < 4.78 is 67.9. The number of fused-ring (bicyclic) bond motifs is 1. The highest BCUT2D eigenvalue weighted by Crippen LogP contribution is 2.35. The Morgan fingerprint density at radius 2 is 1.81 bits per heavy atom. The van der Waals surface area contributed by atoms with Gasteiger partial charge in [-0.15, -0.1) is 11.3 Å². The van der Waals surface area contributed by atoms with Gasteiger partial charge in [-0.05, 0) is 42.4 Å². The quantitative estimate of drug-likeness (QED) is 0.232. The van der Waals surface area contributed by atoms with Gasteiger partial charge in [0.1, 0.15) is 9.96 Å². The number of anilines is 1. The minimum absolute atomic E-state index is 0.0906. The lowest BCUT2D eigenvalue weighted by atomic mass is 10.1. The Bertz CT molecular complexity index is 1690. The number of aliphatic carboxylic acids is 1. The number of benzene rings is 2. The van der Waals surface area contributed by atoms with Crippen molar-refractivity contribution >= 4 is 61.6 Å². The molecule has 0 saturated carbocycles. The number of primary amides is 1. The maximum atomic E-state index is 13.0. The van der Waals surface area contributed by atoms with Crippen LogP contribution in [0, 0.1) is 0 Å². The molecular formula is C25H25ClF3N5O6S2. The van der Waals surface area contributed by atoms with E-state index < -0.39 is 22.2 Å². The van der Waals surface area contributed by atoms with Crippen LogP contribution >= 0.6 is 22.9 Å². The minimum atomic E-state index is -5.08. The normalized spacial score (nSPS) is 11.7. The third kappa shape index (κ3) is 8.58. The van der Waals surface area contributed by atoms with Gasteiger partial charge in [-0.2, -0.15) is 18.3 Å². The number of aromatic nitrogens is 2. The molecule has 0 aliphatic heterocycles. The Morgan fingerprint density at radius 1 is 1.17 bits per heavy atom. The number of amides is 1. The van der Waals surface area contributed by atoms with Crippen LogP contribution in [-0.4, -0.2) is 67.0 Å². The predicted octanol–water partition coefficient (Wildman–Crippen LogP) is 4.16. The minimum Gasteiger partial charge on any atom is -0.496 e. The number of carbonyl (C=O) groups excluding carboxylic acids is 1. The monoisotopic (exact) mass is 647 g/mol. The predicted molar refractivity (Wildman–Crippen MR) is 151 cm³/mol. The zero-order chi connectivity index (χ0) is 31.2. The second kappa shape index (κ2) is 13.4.